The third kappa shape index (κ3) is 2.52. The number of nitrogens with one attached hydrogen (secondary N) is 1. The molecule has 0 fully saturated rings. The standard InChI is InChI=1S/C16H18BrNOS/c1-18-16(11-6-7-13(19-2)12(17)8-11)15-9-10-4-3-5-14(10)20-15/h6-9,16,18H,3-5H2,1-2H3. The molecule has 0 aliphatic heterocycles. The molecule has 1 aliphatic rings. The lowest BCUT2D eigenvalue weighted by atomic mass is 10.0. The first kappa shape index (κ1) is 14.1. The number of benzene rings is 1. The number of thiophene rings is 1. The molecule has 0 saturated carbocycles. The van der Waals surface area contributed by atoms with Gasteiger partial charge in [0.15, 0.2) is 0 Å². The van der Waals surface area contributed by atoms with Crippen LogP contribution in [0, 0.1) is 0 Å². The largest absolute Gasteiger partial charge is 0.496 e. The summed E-state index contributed by atoms with van der Waals surface area (Å²) in [5.74, 6) is 0.872. The zero-order valence-electron chi connectivity index (χ0n) is 11.7. The fourth-order valence-corrected chi connectivity index (χ4v) is 4.78. The maximum Gasteiger partial charge on any atom is 0.133 e. The molecule has 0 amide bonds. The van der Waals surface area contributed by atoms with E-state index >= 15 is 0 Å². The molecule has 1 heterocycles. The predicted octanol–water partition coefficient (Wildman–Crippen LogP) is 4.32. The fourth-order valence-electron chi connectivity index (χ4n) is 2.83. The van der Waals surface area contributed by atoms with Crippen LogP contribution in [-0.4, -0.2) is 14.2 Å². The summed E-state index contributed by atoms with van der Waals surface area (Å²) in [6.45, 7) is 0. The smallest absolute Gasteiger partial charge is 0.133 e. The first-order valence-corrected chi connectivity index (χ1v) is 8.46. The average molecular weight is 352 g/mol. The van der Waals surface area contributed by atoms with Crippen LogP contribution in [0.2, 0.25) is 0 Å². The van der Waals surface area contributed by atoms with Gasteiger partial charge in [0.2, 0.25) is 0 Å². The highest BCUT2D eigenvalue weighted by molar-refractivity contribution is 9.10. The van der Waals surface area contributed by atoms with E-state index in [2.05, 4.69) is 39.4 Å². The third-order valence-corrected chi connectivity index (χ3v) is 5.77. The molecule has 2 aromatic rings. The number of methoxy groups -OCH3 is 1. The van der Waals surface area contributed by atoms with Crippen molar-refractivity contribution in [1.82, 2.24) is 5.32 Å². The van der Waals surface area contributed by atoms with Crippen molar-refractivity contribution in [2.75, 3.05) is 14.2 Å². The van der Waals surface area contributed by atoms with E-state index in [4.69, 9.17) is 4.74 Å². The Kier molecular flexibility index (Phi) is 4.15. The van der Waals surface area contributed by atoms with E-state index in [-0.39, 0.29) is 6.04 Å². The Hall–Kier alpha value is -0.840. The summed E-state index contributed by atoms with van der Waals surface area (Å²) in [7, 11) is 3.72. The lowest BCUT2D eigenvalue weighted by molar-refractivity contribution is 0.412. The molecule has 3 rings (SSSR count). The topological polar surface area (TPSA) is 21.3 Å². The van der Waals surface area contributed by atoms with Crippen LogP contribution in [0.3, 0.4) is 0 Å². The van der Waals surface area contributed by atoms with Crippen LogP contribution >= 0.6 is 27.3 Å². The van der Waals surface area contributed by atoms with Crippen molar-refractivity contribution in [3.05, 3.63) is 49.6 Å². The van der Waals surface area contributed by atoms with Crippen molar-refractivity contribution < 1.29 is 4.74 Å². The van der Waals surface area contributed by atoms with Gasteiger partial charge >= 0.3 is 0 Å². The van der Waals surface area contributed by atoms with E-state index in [1.54, 1.807) is 17.6 Å². The normalized spacial score (nSPS) is 15.2. The summed E-state index contributed by atoms with van der Waals surface area (Å²) in [6.07, 6.45) is 3.82. The Balaban J connectivity index is 1.94. The summed E-state index contributed by atoms with van der Waals surface area (Å²) in [4.78, 5) is 2.99. The molecule has 106 valence electrons. The van der Waals surface area contributed by atoms with Crippen LogP contribution in [-0.2, 0) is 12.8 Å². The Bertz CT molecular complexity index is 601. The quantitative estimate of drug-likeness (QED) is 0.885. The Morgan fingerprint density at radius 3 is 2.80 bits per heavy atom. The summed E-state index contributed by atoms with van der Waals surface area (Å²) in [5, 5.41) is 3.44. The zero-order chi connectivity index (χ0) is 14.1. The van der Waals surface area contributed by atoms with Crippen molar-refractivity contribution >= 4 is 27.3 Å². The Morgan fingerprint density at radius 2 is 2.15 bits per heavy atom. The number of halogens is 1. The van der Waals surface area contributed by atoms with E-state index in [9.17, 15) is 0 Å². The Labute approximate surface area is 132 Å². The Morgan fingerprint density at radius 1 is 1.30 bits per heavy atom. The highest BCUT2D eigenvalue weighted by atomic mass is 79.9. The zero-order valence-corrected chi connectivity index (χ0v) is 14.1. The van der Waals surface area contributed by atoms with Crippen molar-refractivity contribution in [1.29, 1.82) is 0 Å². The van der Waals surface area contributed by atoms with Crippen molar-refractivity contribution in [3.63, 3.8) is 0 Å². The minimum absolute atomic E-state index is 0.257. The molecule has 20 heavy (non-hydrogen) atoms. The maximum atomic E-state index is 5.30. The molecule has 0 spiro atoms. The molecule has 1 N–H and O–H groups in total. The van der Waals surface area contributed by atoms with E-state index in [1.165, 1.54) is 29.7 Å². The second-order valence-electron chi connectivity index (χ2n) is 5.07. The van der Waals surface area contributed by atoms with Gasteiger partial charge in [-0.25, -0.2) is 0 Å². The van der Waals surface area contributed by atoms with Crippen molar-refractivity contribution in [3.8, 4) is 5.75 Å². The number of ether oxygens (including phenoxy) is 1. The van der Waals surface area contributed by atoms with Gasteiger partial charge in [-0.2, -0.15) is 0 Å². The lowest BCUT2D eigenvalue weighted by Gasteiger charge is -2.16. The summed E-state index contributed by atoms with van der Waals surface area (Å²) < 4.78 is 6.31. The van der Waals surface area contributed by atoms with Gasteiger partial charge in [0.1, 0.15) is 5.75 Å². The van der Waals surface area contributed by atoms with E-state index in [0.29, 0.717) is 0 Å². The summed E-state index contributed by atoms with van der Waals surface area (Å²) in [6, 6.07) is 8.94. The maximum absolute atomic E-state index is 5.30. The van der Waals surface area contributed by atoms with Crippen LogP contribution in [0.1, 0.15) is 33.3 Å². The fraction of sp³-hybridized carbons (Fsp3) is 0.375. The number of fused-ring (bicyclic) bond motifs is 1. The van der Waals surface area contributed by atoms with Gasteiger partial charge in [0.25, 0.3) is 0 Å². The average Bonchev–Trinajstić information content (AvgIpc) is 3.01. The minimum Gasteiger partial charge on any atom is -0.496 e. The lowest BCUT2D eigenvalue weighted by Crippen LogP contribution is -2.16. The highest BCUT2D eigenvalue weighted by Gasteiger charge is 2.21. The molecule has 0 radical (unpaired) electrons. The van der Waals surface area contributed by atoms with Gasteiger partial charge in [0.05, 0.1) is 17.6 Å². The summed E-state index contributed by atoms with van der Waals surface area (Å²) in [5.41, 5.74) is 2.82. The van der Waals surface area contributed by atoms with Crippen molar-refractivity contribution in [2.45, 2.75) is 25.3 Å². The van der Waals surface area contributed by atoms with E-state index < -0.39 is 0 Å². The molecule has 0 saturated heterocycles. The second-order valence-corrected chi connectivity index (χ2v) is 7.09. The van der Waals surface area contributed by atoms with E-state index in [0.717, 1.165) is 10.2 Å². The summed E-state index contributed by atoms with van der Waals surface area (Å²) >= 11 is 5.53. The molecule has 1 aromatic carbocycles. The van der Waals surface area contributed by atoms with Crippen LogP contribution in [0.4, 0.5) is 0 Å². The van der Waals surface area contributed by atoms with Crippen LogP contribution in [0.15, 0.2) is 28.7 Å². The van der Waals surface area contributed by atoms with Gasteiger partial charge in [0, 0.05) is 9.75 Å². The molecular formula is C16H18BrNOS. The van der Waals surface area contributed by atoms with Crippen LogP contribution in [0.25, 0.3) is 0 Å². The first-order valence-electron chi connectivity index (χ1n) is 6.85. The molecule has 1 atom stereocenters. The minimum atomic E-state index is 0.257. The predicted molar refractivity (Wildman–Crippen MR) is 87.9 cm³/mol. The number of hydrogen-bond acceptors (Lipinski definition) is 3. The monoisotopic (exact) mass is 351 g/mol. The van der Waals surface area contributed by atoms with Crippen LogP contribution in [0.5, 0.6) is 5.75 Å². The van der Waals surface area contributed by atoms with E-state index in [1.807, 2.05) is 24.5 Å². The van der Waals surface area contributed by atoms with Gasteiger partial charge in [-0.3, -0.25) is 0 Å². The molecule has 4 heteroatoms. The number of hydrogen-bond donors (Lipinski definition) is 1. The van der Waals surface area contributed by atoms with Gasteiger partial charge in [-0.05, 0) is 71.6 Å². The molecule has 2 nitrogen and oxygen atoms in total. The molecule has 1 unspecified atom stereocenters. The SMILES string of the molecule is CNC(c1ccc(OC)c(Br)c1)c1cc2c(s1)CCC2. The molecule has 0 bridgehead atoms. The number of aryl methyl sites for hydroxylation is 2. The molecular weight excluding hydrogens is 334 g/mol. The van der Waals surface area contributed by atoms with Gasteiger partial charge < -0.3 is 10.1 Å². The van der Waals surface area contributed by atoms with Gasteiger partial charge in [-0.1, -0.05) is 6.07 Å². The van der Waals surface area contributed by atoms with Crippen LogP contribution < -0.4 is 10.1 Å². The highest BCUT2D eigenvalue weighted by Crippen LogP contribution is 2.37. The second kappa shape index (κ2) is 5.88. The third-order valence-electron chi connectivity index (χ3n) is 3.85. The number of rotatable bonds is 4. The van der Waals surface area contributed by atoms with Gasteiger partial charge in [-0.15, -0.1) is 11.3 Å². The molecule has 1 aromatic heterocycles. The first-order chi connectivity index (χ1) is 9.72. The molecule has 1 aliphatic carbocycles. The van der Waals surface area contributed by atoms with Crippen molar-refractivity contribution in [2.24, 2.45) is 0 Å².